The van der Waals surface area contributed by atoms with E-state index in [1.165, 1.54) is 38.8 Å². The maximum Gasteiger partial charge on any atom is 0.137 e. The van der Waals surface area contributed by atoms with Gasteiger partial charge in [-0.3, -0.25) is 0 Å². The van der Waals surface area contributed by atoms with Gasteiger partial charge in [0.2, 0.25) is 0 Å². The Kier molecular flexibility index (Phi) is 3.85. The lowest BCUT2D eigenvalue weighted by atomic mass is 9.97. The standard InChI is InChI=1S/C15H21ClN2O/c1-19-15-5-4-11(10-14(15)16)17-12-6-8-18-7-2-3-13(18)9-12/h4-5,10,12-13,17H,2-3,6-9H2,1H3. The highest BCUT2D eigenvalue weighted by Crippen LogP contribution is 2.31. The predicted octanol–water partition coefficient (Wildman–Crippen LogP) is 3.39. The van der Waals surface area contributed by atoms with E-state index in [0.29, 0.717) is 11.1 Å². The van der Waals surface area contributed by atoms with Crippen LogP contribution in [-0.4, -0.2) is 37.2 Å². The average Bonchev–Trinajstić information content (AvgIpc) is 2.86. The molecule has 0 amide bonds. The summed E-state index contributed by atoms with van der Waals surface area (Å²) in [6.45, 7) is 2.53. The molecule has 1 aromatic carbocycles. The average molecular weight is 281 g/mol. The second-order valence-corrected chi connectivity index (χ2v) is 5.95. The lowest BCUT2D eigenvalue weighted by Gasteiger charge is -2.35. The molecule has 1 aromatic rings. The molecule has 3 rings (SSSR count). The second-order valence-electron chi connectivity index (χ2n) is 5.55. The molecule has 19 heavy (non-hydrogen) atoms. The first-order chi connectivity index (χ1) is 9.26. The molecule has 2 aliphatic heterocycles. The number of methoxy groups -OCH3 is 1. The molecule has 2 fully saturated rings. The van der Waals surface area contributed by atoms with Crippen LogP contribution in [0.1, 0.15) is 25.7 Å². The highest BCUT2D eigenvalue weighted by Gasteiger charge is 2.31. The summed E-state index contributed by atoms with van der Waals surface area (Å²) in [4.78, 5) is 2.64. The van der Waals surface area contributed by atoms with E-state index in [1.54, 1.807) is 7.11 Å². The quantitative estimate of drug-likeness (QED) is 0.919. The molecule has 0 aliphatic carbocycles. The van der Waals surface area contributed by atoms with Crippen molar-refractivity contribution in [3.63, 3.8) is 0 Å². The zero-order chi connectivity index (χ0) is 13.2. The van der Waals surface area contributed by atoms with Gasteiger partial charge >= 0.3 is 0 Å². The number of piperidine rings is 1. The van der Waals surface area contributed by atoms with Crippen LogP contribution in [0.3, 0.4) is 0 Å². The molecule has 0 spiro atoms. The summed E-state index contributed by atoms with van der Waals surface area (Å²) in [5.74, 6) is 0.734. The van der Waals surface area contributed by atoms with Gasteiger partial charge in [0.15, 0.2) is 0 Å². The van der Waals surface area contributed by atoms with Crippen LogP contribution in [0.2, 0.25) is 5.02 Å². The van der Waals surface area contributed by atoms with Crippen molar-refractivity contribution in [1.82, 2.24) is 4.90 Å². The first-order valence-electron chi connectivity index (χ1n) is 7.10. The number of rotatable bonds is 3. The summed E-state index contributed by atoms with van der Waals surface area (Å²) in [7, 11) is 1.64. The minimum Gasteiger partial charge on any atom is -0.495 e. The number of hydrogen-bond donors (Lipinski definition) is 1. The van der Waals surface area contributed by atoms with Gasteiger partial charge in [-0.15, -0.1) is 0 Å². The first kappa shape index (κ1) is 13.1. The van der Waals surface area contributed by atoms with Crippen LogP contribution >= 0.6 is 11.6 Å². The molecule has 0 bridgehead atoms. The summed E-state index contributed by atoms with van der Waals surface area (Å²) in [5.41, 5.74) is 1.10. The first-order valence-corrected chi connectivity index (χ1v) is 7.48. The van der Waals surface area contributed by atoms with Crippen LogP contribution in [0, 0.1) is 0 Å². The third kappa shape index (κ3) is 2.82. The van der Waals surface area contributed by atoms with E-state index in [1.807, 2.05) is 18.2 Å². The molecule has 2 atom stereocenters. The van der Waals surface area contributed by atoms with Crippen molar-refractivity contribution in [1.29, 1.82) is 0 Å². The summed E-state index contributed by atoms with van der Waals surface area (Å²) < 4.78 is 5.18. The number of nitrogens with one attached hydrogen (secondary N) is 1. The SMILES string of the molecule is COc1ccc(NC2CCN3CCCC3C2)cc1Cl. The fourth-order valence-corrected chi connectivity index (χ4v) is 3.61. The third-order valence-electron chi connectivity index (χ3n) is 4.34. The molecular formula is C15H21ClN2O. The second kappa shape index (κ2) is 5.59. The van der Waals surface area contributed by atoms with Crippen molar-refractivity contribution >= 4 is 17.3 Å². The number of hydrogen-bond acceptors (Lipinski definition) is 3. The largest absolute Gasteiger partial charge is 0.495 e. The Balaban J connectivity index is 1.63. The van der Waals surface area contributed by atoms with Crippen LogP contribution in [0.15, 0.2) is 18.2 Å². The van der Waals surface area contributed by atoms with E-state index in [9.17, 15) is 0 Å². The van der Waals surface area contributed by atoms with Crippen molar-refractivity contribution < 1.29 is 4.74 Å². The molecule has 2 aliphatic rings. The van der Waals surface area contributed by atoms with E-state index in [4.69, 9.17) is 16.3 Å². The fraction of sp³-hybridized carbons (Fsp3) is 0.600. The Morgan fingerprint density at radius 3 is 3.00 bits per heavy atom. The molecule has 4 heteroatoms. The Hall–Kier alpha value is -0.930. The minimum absolute atomic E-state index is 0.573. The zero-order valence-electron chi connectivity index (χ0n) is 11.4. The number of fused-ring (bicyclic) bond motifs is 1. The number of anilines is 1. The van der Waals surface area contributed by atoms with Crippen LogP contribution in [0.4, 0.5) is 5.69 Å². The van der Waals surface area contributed by atoms with Crippen LogP contribution in [0.25, 0.3) is 0 Å². The fourth-order valence-electron chi connectivity index (χ4n) is 3.35. The molecular weight excluding hydrogens is 260 g/mol. The van der Waals surface area contributed by atoms with Gasteiger partial charge in [0, 0.05) is 24.3 Å². The molecule has 2 heterocycles. The molecule has 2 unspecified atom stereocenters. The van der Waals surface area contributed by atoms with Gasteiger partial charge in [0.25, 0.3) is 0 Å². The van der Waals surface area contributed by atoms with Crippen molar-refractivity contribution in [2.24, 2.45) is 0 Å². The lowest BCUT2D eigenvalue weighted by molar-refractivity contribution is 0.188. The summed E-state index contributed by atoms with van der Waals surface area (Å²) in [5, 5.41) is 4.29. The summed E-state index contributed by atoms with van der Waals surface area (Å²) in [6, 6.07) is 7.30. The van der Waals surface area contributed by atoms with Crippen molar-refractivity contribution in [3.05, 3.63) is 23.2 Å². The highest BCUT2D eigenvalue weighted by atomic mass is 35.5. The number of nitrogens with zero attached hydrogens (tertiary/aromatic N) is 1. The number of halogens is 1. The Bertz CT molecular complexity index is 452. The smallest absolute Gasteiger partial charge is 0.137 e. The molecule has 104 valence electrons. The van der Waals surface area contributed by atoms with Gasteiger partial charge in [-0.25, -0.2) is 0 Å². The normalized spacial score (nSPS) is 27.1. The van der Waals surface area contributed by atoms with E-state index >= 15 is 0 Å². The molecule has 0 aromatic heterocycles. The van der Waals surface area contributed by atoms with E-state index in [2.05, 4.69) is 10.2 Å². The number of ether oxygens (including phenoxy) is 1. The van der Waals surface area contributed by atoms with E-state index in [0.717, 1.165) is 17.5 Å². The number of benzene rings is 1. The van der Waals surface area contributed by atoms with Gasteiger partial charge in [0.1, 0.15) is 5.75 Å². The van der Waals surface area contributed by atoms with Crippen LogP contribution in [-0.2, 0) is 0 Å². The zero-order valence-corrected chi connectivity index (χ0v) is 12.1. The molecule has 1 N–H and O–H groups in total. The van der Waals surface area contributed by atoms with E-state index in [-0.39, 0.29) is 0 Å². The van der Waals surface area contributed by atoms with Gasteiger partial charge in [-0.05, 0) is 50.4 Å². The molecule has 3 nitrogen and oxygen atoms in total. The van der Waals surface area contributed by atoms with Gasteiger partial charge in [0.05, 0.1) is 12.1 Å². The van der Waals surface area contributed by atoms with Crippen molar-refractivity contribution in [3.8, 4) is 5.75 Å². The van der Waals surface area contributed by atoms with Crippen molar-refractivity contribution in [2.45, 2.75) is 37.8 Å². The molecule has 2 saturated heterocycles. The lowest BCUT2D eigenvalue weighted by Crippen LogP contribution is -2.42. The Morgan fingerprint density at radius 2 is 2.21 bits per heavy atom. The third-order valence-corrected chi connectivity index (χ3v) is 4.64. The van der Waals surface area contributed by atoms with Gasteiger partial charge in [-0.1, -0.05) is 11.6 Å². The summed E-state index contributed by atoms with van der Waals surface area (Å²) >= 11 is 6.16. The van der Waals surface area contributed by atoms with Gasteiger partial charge < -0.3 is 15.0 Å². The Labute approximate surface area is 119 Å². The van der Waals surface area contributed by atoms with Crippen LogP contribution < -0.4 is 10.1 Å². The highest BCUT2D eigenvalue weighted by molar-refractivity contribution is 6.32. The van der Waals surface area contributed by atoms with Gasteiger partial charge in [-0.2, -0.15) is 0 Å². The summed E-state index contributed by atoms with van der Waals surface area (Å²) in [6.07, 6.45) is 5.21. The Morgan fingerprint density at radius 1 is 1.32 bits per heavy atom. The minimum atomic E-state index is 0.573. The maximum absolute atomic E-state index is 6.16. The van der Waals surface area contributed by atoms with E-state index < -0.39 is 0 Å². The molecule has 0 radical (unpaired) electrons. The van der Waals surface area contributed by atoms with Crippen molar-refractivity contribution in [2.75, 3.05) is 25.5 Å². The monoisotopic (exact) mass is 280 g/mol. The predicted molar refractivity (Wildman–Crippen MR) is 79.2 cm³/mol. The van der Waals surface area contributed by atoms with Crippen LogP contribution in [0.5, 0.6) is 5.75 Å². The maximum atomic E-state index is 6.16. The topological polar surface area (TPSA) is 24.5 Å². The molecule has 0 saturated carbocycles.